The van der Waals surface area contributed by atoms with Crippen LogP contribution in [0.1, 0.15) is 57.2 Å². The molecule has 6 rings (SSSR count). The maximum atomic E-state index is 4.96. The number of benzene rings is 3. The van der Waals surface area contributed by atoms with Gasteiger partial charge in [-0.2, -0.15) is 0 Å². The standard InChI is InChI=1S/C29H28N2/c1-16(2)20-15-18-11-12-30-26-21-13-17(3)14-22(29(4,5)6)27(21)31-23-10-8-7-9-19(23)25(20)28(31)24(18)26/h7-16H,1-6H3. The Morgan fingerprint density at radius 3 is 2.39 bits per heavy atom. The molecule has 0 N–H and O–H groups in total. The van der Waals surface area contributed by atoms with Crippen molar-refractivity contribution in [2.75, 3.05) is 0 Å². The summed E-state index contributed by atoms with van der Waals surface area (Å²) in [6.45, 7) is 13.8. The van der Waals surface area contributed by atoms with Gasteiger partial charge in [-0.3, -0.25) is 4.98 Å². The lowest BCUT2D eigenvalue weighted by Gasteiger charge is -2.24. The van der Waals surface area contributed by atoms with Crippen LogP contribution in [0.5, 0.6) is 0 Å². The maximum absolute atomic E-state index is 4.96. The van der Waals surface area contributed by atoms with Gasteiger partial charge in [-0.1, -0.05) is 64.4 Å². The van der Waals surface area contributed by atoms with Crippen LogP contribution in [0.4, 0.5) is 0 Å². The molecule has 0 aliphatic carbocycles. The van der Waals surface area contributed by atoms with E-state index in [4.69, 9.17) is 4.98 Å². The molecule has 0 aliphatic heterocycles. The fourth-order valence-corrected chi connectivity index (χ4v) is 5.52. The van der Waals surface area contributed by atoms with Crippen molar-refractivity contribution in [2.45, 2.75) is 52.9 Å². The molecule has 2 nitrogen and oxygen atoms in total. The van der Waals surface area contributed by atoms with Gasteiger partial charge < -0.3 is 4.40 Å². The molecule has 2 heteroatoms. The summed E-state index contributed by atoms with van der Waals surface area (Å²) in [6, 6.07) is 18.2. The molecule has 0 saturated heterocycles. The van der Waals surface area contributed by atoms with Gasteiger partial charge in [0.25, 0.3) is 0 Å². The highest BCUT2D eigenvalue weighted by molar-refractivity contribution is 6.28. The van der Waals surface area contributed by atoms with E-state index in [1.165, 1.54) is 60.2 Å². The average molecular weight is 405 g/mol. The van der Waals surface area contributed by atoms with Crippen molar-refractivity contribution in [2.24, 2.45) is 0 Å². The average Bonchev–Trinajstić information content (AvgIpc) is 3.07. The highest BCUT2D eigenvalue weighted by Crippen LogP contribution is 2.45. The minimum absolute atomic E-state index is 0.0227. The SMILES string of the molecule is Cc1cc(C(C)(C)C)c2c(c1)c1nccc3cc(C(C)C)c4c5ccccc5n2c4c31. The first kappa shape index (κ1) is 18.6. The topological polar surface area (TPSA) is 17.3 Å². The van der Waals surface area contributed by atoms with E-state index in [0.29, 0.717) is 5.92 Å². The summed E-state index contributed by atoms with van der Waals surface area (Å²) >= 11 is 0. The quantitative estimate of drug-likeness (QED) is 0.200. The summed E-state index contributed by atoms with van der Waals surface area (Å²) in [7, 11) is 0. The smallest absolute Gasteiger partial charge is 0.0822 e. The third-order valence-electron chi connectivity index (χ3n) is 6.86. The summed E-state index contributed by atoms with van der Waals surface area (Å²) in [4.78, 5) is 4.96. The minimum atomic E-state index is 0.0227. The largest absolute Gasteiger partial charge is 0.308 e. The molecule has 6 aromatic rings. The second-order valence-electron chi connectivity index (χ2n) is 10.4. The molecule has 3 heterocycles. The summed E-state index contributed by atoms with van der Waals surface area (Å²) in [5, 5.41) is 6.55. The van der Waals surface area contributed by atoms with Gasteiger partial charge in [0.05, 0.1) is 22.1 Å². The molecule has 0 unspecified atom stereocenters. The molecule has 0 amide bonds. The Morgan fingerprint density at radius 2 is 1.65 bits per heavy atom. The molecule has 0 spiro atoms. The second-order valence-corrected chi connectivity index (χ2v) is 10.4. The van der Waals surface area contributed by atoms with Crippen molar-refractivity contribution in [1.82, 2.24) is 9.38 Å². The lowest BCUT2D eigenvalue weighted by molar-refractivity contribution is 0.594. The van der Waals surface area contributed by atoms with Crippen molar-refractivity contribution in [3.63, 3.8) is 0 Å². The molecule has 0 radical (unpaired) electrons. The van der Waals surface area contributed by atoms with E-state index in [9.17, 15) is 0 Å². The Kier molecular flexibility index (Phi) is 3.59. The molecule has 31 heavy (non-hydrogen) atoms. The Labute approximate surface area is 182 Å². The van der Waals surface area contributed by atoms with Crippen molar-refractivity contribution >= 4 is 49.0 Å². The normalized spacial score (nSPS) is 13.1. The number of aromatic nitrogens is 2. The summed E-state index contributed by atoms with van der Waals surface area (Å²) < 4.78 is 2.54. The Hall–Kier alpha value is -3.13. The molecule has 0 aliphatic rings. The lowest BCUT2D eigenvalue weighted by Crippen LogP contribution is -2.14. The van der Waals surface area contributed by atoms with Gasteiger partial charge in [-0.15, -0.1) is 0 Å². The van der Waals surface area contributed by atoms with Gasteiger partial charge in [0.15, 0.2) is 0 Å². The molecule has 0 atom stereocenters. The molecular weight excluding hydrogens is 376 g/mol. The highest BCUT2D eigenvalue weighted by atomic mass is 14.9. The van der Waals surface area contributed by atoms with Gasteiger partial charge in [0.1, 0.15) is 0 Å². The number of pyridine rings is 2. The van der Waals surface area contributed by atoms with Gasteiger partial charge in [0.2, 0.25) is 0 Å². The lowest BCUT2D eigenvalue weighted by atomic mass is 9.83. The number of rotatable bonds is 1. The fraction of sp³-hybridized carbons (Fsp3) is 0.276. The number of fused-ring (bicyclic) bond motifs is 6. The number of aryl methyl sites for hydroxylation is 1. The van der Waals surface area contributed by atoms with Crippen LogP contribution in [-0.2, 0) is 5.41 Å². The maximum Gasteiger partial charge on any atom is 0.0822 e. The summed E-state index contributed by atoms with van der Waals surface area (Å²) in [6.07, 6.45) is 1.98. The van der Waals surface area contributed by atoms with Crippen molar-refractivity contribution in [1.29, 1.82) is 0 Å². The van der Waals surface area contributed by atoms with Gasteiger partial charge in [-0.05, 0) is 59.0 Å². The molecule has 3 aromatic heterocycles. The Bertz CT molecular complexity index is 1640. The van der Waals surface area contributed by atoms with Crippen LogP contribution in [0.15, 0.2) is 54.7 Å². The number of nitrogens with zero attached hydrogens (tertiary/aromatic N) is 2. The van der Waals surface area contributed by atoms with E-state index in [1.807, 2.05) is 6.20 Å². The van der Waals surface area contributed by atoms with E-state index >= 15 is 0 Å². The van der Waals surface area contributed by atoms with Crippen LogP contribution < -0.4 is 0 Å². The summed E-state index contributed by atoms with van der Waals surface area (Å²) in [5.41, 5.74) is 9.15. The third-order valence-corrected chi connectivity index (χ3v) is 6.86. The zero-order valence-corrected chi connectivity index (χ0v) is 19.2. The first-order valence-electron chi connectivity index (χ1n) is 11.3. The first-order chi connectivity index (χ1) is 14.8. The van der Waals surface area contributed by atoms with Crippen LogP contribution in [0.25, 0.3) is 49.0 Å². The highest BCUT2D eigenvalue weighted by Gasteiger charge is 2.26. The van der Waals surface area contributed by atoms with E-state index in [2.05, 4.69) is 94.5 Å². The zero-order valence-electron chi connectivity index (χ0n) is 19.2. The predicted octanol–water partition coefficient (Wildman–Crippen LogP) is 8.11. The minimum Gasteiger partial charge on any atom is -0.308 e. The molecular formula is C29H28N2. The Morgan fingerprint density at radius 1 is 0.871 bits per heavy atom. The van der Waals surface area contributed by atoms with Crippen LogP contribution >= 0.6 is 0 Å². The second kappa shape index (κ2) is 5.97. The number of para-hydroxylation sites is 1. The van der Waals surface area contributed by atoms with Crippen LogP contribution in [-0.4, -0.2) is 9.38 Å². The molecule has 3 aromatic carbocycles. The van der Waals surface area contributed by atoms with E-state index in [-0.39, 0.29) is 5.41 Å². The van der Waals surface area contributed by atoms with Crippen molar-refractivity contribution in [3.8, 4) is 0 Å². The van der Waals surface area contributed by atoms with Crippen LogP contribution in [0, 0.1) is 6.92 Å². The van der Waals surface area contributed by atoms with E-state index in [1.54, 1.807) is 0 Å². The number of hydrogen-bond donors (Lipinski definition) is 0. The monoisotopic (exact) mass is 404 g/mol. The predicted molar refractivity (Wildman–Crippen MR) is 134 cm³/mol. The first-order valence-corrected chi connectivity index (χ1v) is 11.3. The molecule has 0 bridgehead atoms. The van der Waals surface area contributed by atoms with Gasteiger partial charge in [-0.25, -0.2) is 0 Å². The molecule has 0 fully saturated rings. The Balaban J connectivity index is 2.10. The van der Waals surface area contributed by atoms with Gasteiger partial charge in [0, 0.05) is 27.7 Å². The van der Waals surface area contributed by atoms with E-state index < -0.39 is 0 Å². The zero-order chi connectivity index (χ0) is 21.7. The van der Waals surface area contributed by atoms with Crippen molar-refractivity contribution in [3.05, 3.63) is 71.4 Å². The van der Waals surface area contributed by atoms with Crippen LogP contribution in [0.3, 0.4) is 0 Å². The third kappa shape index (κ3) is 2.36. The molecule has 0 saturated carbocycles. The van der Waals surface area contributed by atoms with E-state index in [0.717, 1.165) is 5.52 Å². The van der Waals surface area contributed by atoms with Gasteiger partial charge >= 0.3 is 0 Å². The molecule has 154 valence electrons. The number of hydrogen-bond acceptors (Lipinski definition) is 1. The fourth-order valence-electron chi connectivity index (χ4n) is 5.52. The summed E-state index contributed by atoms with van der Waals surface area (Å²) in [5.74, 6) is 0.446. The van der Waals surface area contributed by atoms with Crippen LogP contribution in [0.2, 0.25) is 0 Å². The van der Waals surface area contributed by atoms with Crippen molar-refractivity contribution < 1.29 is 0 Å².